The molecule has 6 heteroatoms. The monoisotopic (exact) mass is 256 g/mol. The van der Waals surface area contributed by atoms with Crippen LogP contribution in [0.3, 0.4) is 0 Å². The van der Waals surface area contributed by atoms with E-state index in [-0.39, 0.29) is 6.61 Å². The van der Waals surface area contributed by atoms with Gasteiger partial charge < -0.3 is 24.5 Å². The fraction of sp³-hybridized carbons (Fsp3) is 0.583. The van der Waals surface area contributed by atoms with E-state index in [0.717, 1.165) is 13.3 Å². The third-order valence-corrected chi connectivity index (χ3v) is 2.62. The number of carbonyl (C=O) groups is 3. The molecular weight excluding hydrogens is 240 g/mol. The van der Waals surface area contributed by atoms with E-state index >= 15 is 0 Å². The Balaban J connectivity index is 4.73. The molecule has 18 heavy (non-hydrogen) atoms. The summed E-state index contributed by atoms with van der Waals surface area (Å²) in [4.78, 5) is 33.0. The lowest BCUT2D eigenvalue weighted by atomic mass is 9.80. The molecule has 0 aromatic heterocycles. The largest absolute Gasteiger partial charge is 0.549 e. The van der Waals surface area contributed by atoms with Crippen LogP contribution in [-0.4, -0.2) is 24.5 Å². The van der Waals surface area contributed by atoms with Crippen molar-refractivity contribution in [1.82, 2.24) is 0 Å². The maximum absolute atomic E-state index is 11.4. The first-order chi connectivity index (χ1) is 8.25. The van der Waals surface area contributed by atoms with E-state index in [1.807, 2.05) is 6.92 Å². The summed E-state index contributed by atoms with van der Waals surface area (Å²) in [5, 5.41) is 21.6. The molecule has 102 valence electrons. The number of hydrogen-bond donors (Lipinski definition) is 0. The summed E-state index contributed by atoms with van der Waals surface area (Å²) < 4.78 is 4.77. The van der Waals surface area contributed by atoms with Gasteiger partial charge in [0.05, 0.1) is 25.0 Å². The summed E-state index contributed by atoms with van der Waals surface area (Å²) in [5.41, 5.74) is -2.74. The third kappa shape index (κ3) is 4.20. The summed E-state index contributed by atoms with van der Waals surface area (Å²) in [6.07, 6.45) is 0.817. The summed E-state index contributed by atoms with van der Waals surface area (Å²) in [7, 11) is 0. The minimum Gasteiger partial charge on any atom is -0.549 e. The van der Waals surface area contributed by atoms with Crippen molar-refractivity contribution in [2.24, 2.45) is 5.41 Å². The molecule has 0 aromatic rings. The van der Waals surface area contributed by atoms with Gasteiger partial charge in [-0.05, 0) is 18.9 Å². The molecule has 0 aliphatic carbocycles. The van der Waals surface area contributed by atoms with Gasteiger partial charge in [-0.3, -0.25) is 4.79 Å². The number of hydrogen-bond acceptors (Lipinski definition) is 6. The molecule has 1 unspecified atom stereocenters. The van der Waals surface area contributed by atoms with Crippen molar-refractivity contribution in [3.05, 3.63) is 12.2 Å². The molecule has 0 heterocycles. The van der Waals surface area contributed by atoms with Crippen LogP contribution in [0, 0.1) is 5.41 Å². The molecule has 0 radical (unpaired) electrons. The van der Waals surface area contributed by atoms with Gasteiger partial charge in [0.1, 0.15) is 0 Å². The maximum Gasteiger partial charge on any atom is 0.307 e. The molecule has 6 nitrogen and oxygen atoms in total. The number of carboxylic acids is 2. The molecular formula is C12H16O6-2. The van der Waals surface area contributed by atoms with Crippen LogP contribution in [0.15, 0.2) is 12.2 Å². The zero-order chi connectivity index (χ0) is 14.3. The molecule has 0 spiro atoms. The Morgan fingerprint density at radius 3 is 2.22 bits per heavy atom. The summed E-state index contributed by atoms with van der Waals surface area (Å²) in [6.45, 7) is 6.21. The standard InChI is InChI=1S/C12H18O6/c1-4-5-6-18-9(13)7-12(3,11(16)17)8(2)10(14)15/h2,4-7H2,1,3H3,(H,14,15)(H,16,17)/p-2. The predicted molar refractivity (Wildman–Crippen MR) is 57.7 cm³/mol. The third-order valence-electron chi connectivity index (χ3n) is 2.62. The van der Waals surface area contributed by atoms with Crippen LogP contribution >= 0.6 is 0 Å². The van der Waals surface area contributed by atoms with Gasteiger partial charge in [0.15, 0.2) is 0 Å². The Morgan fingerprint density at radius 1 is 1.28 bits per heavy atom. The highest BCUT2D eigenvalue weighted by Crippen LogP contribution is 2.29. The van der Waals surface area contributed by atoms with Gasteiger partial charge in [0.25, 0.3) is 0 Å². The SMILES string of the molecule is C=C(C(=O)[O-])C(C)(CC(=O)OCCCC)C(=O)[O-]. The van der Waals surface area contributed by atoms with Crippen molar-refractivity contribution in [1.29, 1.82) is 0 Å². The van der Waals surface area contributed by atoms with Crippen molar-refractivity contribution < 1.29 is 29.3 Å². The minimum absolute atomic E-state index is 0.163. The predicted octanol–water partition coefficient (Wildman–Crippen LogP) is -1.22. The summed E-state index contributed by atoms with van der Waals surface area (Å²) in [6, 6.07) is 0. The van der Waals surface area contributed by atoms with Crippen molar-refractivity contribution in [2.45, 2.75) is 33.1 Å². The van der Waals surface area contributed by atoms with E-state index in [1.54, 1.807) is 0 Å². The van der Waals surface area contributed by atoms with Gasteiger partial charge in [0.2, 0.25) is 0 Å². The molecule has 0 amide bonds. The average Bonchev–Trinajstić information content (AvgIpc) is 2.27. The minimum atomic E-state index is -2.03. The molecule has 0 rings (SSSR count). The number of aliphatic carboxylic acids is 2. The van der Waals surface area contributed by atoms with Crippen LogP contribution < -0.4 is 10.2 Å². The molecule has 0 bridgehead atoms. The summed E-state index contributed by atoms with van der Waals surface area (Å²) in [5.74, 6) is -4.25. The molecule has 0 fully saturated rings. The Kier molecular flexibility index (Phi) is 6.08. The Bertz CT molecular complexity index is 360. The van der Waals surface area contributed by atoms with E-state index in [4.69, 9.17) is 4.74 Å². The van der Waals surface area contributed by atoms with Crippen LogP contribution in [0.5, 0.6) is 0 Å². The molecule has 0 saturated carbocycles. The highest BCUT2D eigenvalue weighted by Gasteiger charge is 2.33. The fourth-order valence-corrected chi connectivity index (χ4v) is 1.20. The first-order valence-electron chi connectivity index (χ1n) is 5.53. The van der Waals surface area contributed by atoms with Gasteiger partial charge in [-0.25, -0.2) is 0 Å². The van der Waals surface area contributed by atoms with E-state index < -0.39 is 35.3 Å². The van der Waals surface area contributed by atoms with Gasteiger partial charge >= 0.3 is 5.97 Å². The summed E-state index contributed by atoms with van der Waals surface area (Å²) >= 11 is 0. The molecule has 0 aliphatic rings. The molecule has 0 aliphatic heterocycles. The smallest absolute Gasteiger partial charge is 0.307 e. The van der Waals surface area contributed by atoms with Crippen LogP contribution in [-0.2, 0) is 19.1 Å². The quantitative estimate of drug-likeness (QED) is 0.306. The van der Waals surface area contributed by atoms with E-state index in [9.17, 15) is 24.6 Å². The number of unbranched alkanes of at least 4 members (excludes halogenated alkanes) is 1. The van der Waals surface area contributed by atoms with Crippen LogP contribution in [0.4, 0.5) is 0 Å². The number of esters is 1. The number of ether oxygens (including phenoxy) is 1. The van der Waals surface area contributed by atoms with E-state index in [2.05, 4.69) is 6.58 Å². The van der Waals surface area contributed by atoms with Crippen molar-refractivity contribution in [3.8, 4) is 0 Å². The fourth-order valence-electron chi connectivity index (χ4n) is 1.20. The first-order valence-corrected chi connectivity index (χ1v) is 5.53. The Morgan fingerprint density at radius 2 is 1.83 bits per heavy atom. The zero-order valence-electron chi connectivity index (χ0n) is 10.5. The lowest BCUT2D eigenvalue weighted by Crippen LogP contribution is -2.47. The molecule has 0 aromatic carbocycles. The van der Waals surface area contributed by atoms with E-state index in [0.29, 0.717) is 6.42 Å². The second-order valence-electron chi connectivity index (χ2n) is 4.14. The second kappa shape index (κ2) is 6.78. The van der Waals surface area contributed by atoms with Gasteiger partial charge in [0, 0.05) is 5.41 Å². The molecule has 0 N–H and O–H groups in total. The Labute approximate surface area is 105 Å². The van der Waals surface area contributed by atoms with Crippen molar-refractivity contribution in [2.75, 3.05) is 6.61 Å². The number of carboxylic acid groups (broad SMARTS) is 2. The lowest BCUT2D eigenvalue weighted by Gasteiger charge is -2.32. The van der Waals surface area contributed by atoms with Gasteiger partial charge in [-0.2, -0.15) is 0 Å². The topological polar surface area (TPSA) is 107 Å². The normalized spacial score (nSPS) is 13.4. The molecule has 0 saturated heterocycles. The van der Waals surface area contributed by atoms with Crippen LogP contribution in [0.25, 0.3) is 0 Å². The second-order valence-corrected chi connectivity index (χ2v) is 4.14. The highest BCUT2D eigenvalue weighted by molar-refractivity contribution is 5.96. The lowest BCUT2D eigenvalue weighted by molar-refractivity contribution is -0.321. The van der Waals surface area contributed by atoms with Crippen molar-refractivity contribution >= 4 is 17.9 Å². The van der Waals surface area contributed by atoms with Gasteiger partial charge in [-0.15, -0.1) is 0 Å². The van der Waals surface area contributed by atoms with Crippen LogP contribution in [0.2, 0.25) is 0 Å². The highest BCUT2D eigenvalue weighted by atomic mass is 16.5. The first kappa shape index (κ1) is 16.1. The van der Waals surface area contributed by atoms with Crippen LogP contribution in [0.1, 0.15) is 33.1 Å². The Hall–Kier alpha value is -1.85. The zero-order valence-corrected chi connectivity index (χ0v) is 10.5. The number of rotatable bonds is 8. The van der Waals surface area contributed by atoms with E-state index in [1.165, 1.54) is 0 Å². The number of carbonyl (C=O) groups excluding carboxylic acids is 3. The maximum atomic E-state index is 11.4. The van der Waals surface area contributed by atoms with Crippen molar-refractivity contribution in [3.63, 3.8) is 0 Å². The molecule has 1 atom stereocenters. The average molecular weight is 256 g/mol. The van der Waals surface area contributed by atoms with Gasteiger partial charge in [-0.1, -0.05) is 19.9 Å².